The smallest absolute Gasteiger partial charge is 0.264 e. The van der Waals surface area contributed by atoms with Gasteiger partial charge in [-0.05, 0) is 5.56 Å². The first-order chi connectivity index (χ1) is 7.68. The van der Waals surface area contributed by atoms with Gasteiger partial charge in [0.2, 0.25) is 5.82 Å². The summed E-state index contributed by atoms with van der Waals surface area (Å²) in [7, 11) is 0. The second-order valence-corrected chi connectivity index (χ2v) is 3.66. The van der Waals surface area contributed by atoms with Gasteiger partial charge in [-0.15, -0.1) is 0 Å². The van der Waals surface area contributed by atoms with Crippen molar-refractivity contribution in [3.63, 3.8) is 0 Å². The van der Waals surface area contributed by atoms with Gasteiger partial charge >= 0.3 is 5.56 Å². The van der Waals surface area contributed by atoms with Crippen LogP contribution in [0.15, 0.2) is 41.3 Å². The Morgan fingerprint density at radius 2 is 2.00 bits per heavy atom. The Hall–Kier alpha value is -1.68. The molecule has 0 saturated heterocycles. The average molecular weight is 239 g/mol. The molecule has 0 N–H and O–H groups in total. The fourth-order valence-corrected chi connectivity index (χ4v) is 1.44. The maximum Gasteiger partial charge on any atom is 0.304 e. The summed E-state index contributed by atoms with van der Waals surface area (Å²) in [5, 5.41) is 3.51. The van der Waals surface area contributed by atoms with Crippen LogP contribution in [0.1, 0.15) is 5.56 Å². The summed E-state index contributed by atoms with van der Waals surface area (Å²) in [6.45, 7) is 0.230. The Morgan fingerprint density at radius 3 is 2.69 bits per heavy atom. The molecule has 3 nitrogen and oxygen atoms in total. The minimum Gasteiger partial charge on any atom is -0.264 e. The van der Waals surface area contributed by atoms with Crippen LogP contribution in [0.5, 0.6) is 0 Å². The molecule has 0 aliphatic rings. The van der Waals surface area contributed by atoms with Gasteiger partial charge in [0.25, 0.3) is 0 Å². The van der Waals surface area contributed by atoms with E-state index in [2.05, 4.69) is 5.10 Å². The lowest BCUT2D eigenvalue weighted by atomic mass is 10.2. The van der Waals surface area contributed by atoms with Crippen LogP contribution in [0.2, 0.25) is 5.02 Å². The highest BCUT2D eigenvalue weighted by atomic mass is 35.5. The molecule has 0 fully saturated rings. The molecule has 5 heteroatoms. The minimum absolute atomic E-state index is 0.230. The lowest BCUT2D eigenvalue weighted by Crippen LogP contribution is -2.26. The SMILES string of the molecule is O=c1c(F)c(Cl)cnn1Cc1ccccc1. The third-order valence-corrected chi connectivity index (χ3v) is 2.38. The zero-order chi connectivity index (χ0) is 11.5. The topological polar surface area (TPSA) is 34.9 Å². The molecule has 2 rings (SSSR count). The van der Waals surface area contributed by atoms with Gasteiger partial charge in [-0.1, -0.05) is 41.9 Å². The third-order valence-electron chi connectivity index (χ3n) is 2.12. The normalized spacial score (nSPS) is 10.4. The maximum absolute atomic E-state index is 13.2. The number of hydrogen-bond acceptors (Lipinski definition) is 2. The molecule has 0 radical (unpaired) electrons. The Morgan fingerprint density at radius 1 is 1.31 bits per heavy atom. The van der Waals surface area contributed by atoms with Crippen LogP contribution in [0, 0.1) is 5.82 Å². The highest BCUT2D eigenvalue weighted by Crippen LogP contribution is 2.07. The molecule has 0 bridgehead atoms. The van der Waals surface area contributed by atoms with Crippen molar-refractivity contribution in [3.8, 4) is 0 Å². The lowest BCUT2D eigenvalue weighted by Gasteiger charge is -2.04. The fraction of sp³-hybridized carbons (Fsp3) is 0.0909. The highest BCUT2D eigenvalue weighted by molar-refractivity contribution is 6.30. The fourth-order valence-electron chi connectivity index (χ4n) is 1.31. The van der Waals surface area contributed by atoms with Gasteiger partial charge in [0.15, 0.2) is 0 Å². The van der Waals surface area contributed by atoms with Gasteiger partial charge < -0.3 is 0 Å². The maximum atomic E-state index is 13.2. The van der Waals surface area contributed by atoms with E-state index in [1.54, 1.807) is 0 Å². The molecule has 1 heterocycles. The van der Waals surface area contributed by atoms with E-state index in [1.165, 1.54) is 0 Å². The Balaban J connectivity index is 2.37. The van der Waals surface area contributed by atoms with E-state index in [0.717, 1.165) is 16.4 Å². The second-order valence-electron chi connectivity index (χ2n) is 3.25. The number of benzene rings is 1. The predicted molar refractivity (Wildman–Crippen MR) is 59.0 cm³/mol. The van der Waals surface area contributed by atoms with Crippen LogP contribution < -0.4 is 5.56 Å². The van der Waals surface area contributed by atoms with Crippen molar-refractivity contribution in [1.29, 1.82) is 0 Å². The van der Waals surface area contributed by atoms with Gasteiger partial charge in [-0.2, -0.15) is 9.49 Å². The first-order valence-electron chi connectivity index (χ1n) is 4.63. The van der Waals surface area contributed by atoms with Crippen LogP contribution in [0.4, 0.5) is 4.39 Å². The van der Waals surface area contributed by atoms with E-state index < -0.39 is 11.4 Å². The largest absolute Gasteiger partial charge is 0.304 e. The quantitative estimate of drug-likeness (QED) is 0.803. The van der Waals surface area contributed by atoms with Gasteiger partial charge in [-0.3, -0.25) is 4.79 Å². The molecule has 0 atom stereocenters. The monoisotopic (exact) mass is 238 g/mol. The van der Waals surface area contributed by atoms with Crippen LogP contribution in [-0.2, 0) is 6.54 Å². The molecule has 16 heavy (non-hydrogen) atoms. The summed E-state index contributed by atoms with van der Waals surface area (Å²) in [4.78, 5) is 11.4. The summed E-state index contributed by atoms with van der Waals surface area (Å²) < 4.78 is 14.2. The molecule has 1 aromatic carbocycles. The highest BCUT2D eigenvalue weighted by Gasteiger charge is 2.08. The van der Waals surface area contributed by atoms with Crippen molar-refractivity contribution in [2.45, 2.75) is 6.54 Å². The van der Waals surface area contributed by atoms with Crippen molar-refractivity contribution < 1.29 is 4.39 Å². The second kappa shape index (κ2) is 4.45. The molecule has 0 unspecified atom stereocenters. The number of rotatable bonds is 2. The zero-order valence-electron chi connectivity index (χ0n) is 8.23. The number of halogens is 2. The van der Waals surface area contributed by atoms with E-state index in [4.69, 9.17) is 11.6 Å². The van der Waals surface area contributed by atoms with Crippen molar-refractivity contribution >= 4 is 11.6 Å². The van der Waals surface area contributed by atoms with E-state index >= 15 is 0 Å². The molecule has 0 spiro atoms. The predicted octanol–water partition coefficient (Wildman–Crippen LogP) is 2.08. The van der Waals surface area contributed by atoms with Gasteiger partial charge in [-0.25, -0.2) is 4.68 Å². The first kappa shape index (κ1) is 10.8. The molecule has 0 saturated carbocycles. The summed E-state index contributed by atoms with van der Waals surface area (Å²) in [6.07, 6.45) is 1.13. The molecule has 0 aliphatic carbocycles. The number of aromatic nitrogens is 2. The number of hydrogen-bond donors (Lipinski definition) is 0. The Labute approximate surface area is 96.1 Å². The molecule has 1 aromatic heterocycles. The minimum atomic E-state index is -0.965. The zero-order valence-corrected chi connectivity index (χ0v) is 8.99. The summed E-state index contributed by atoms with van der Waals surface area (Å²) >= 11 is 5.44. The Bertz CT molecular complexity index is 554. The van der Waals surface area contributed by atoms with Gasteiger partial charge in [0.05, 0.1) is 12.7 Å². The van der Waals surface area contributed by atoms with Crippen LogP contribution in [-0.4, -0.2) is 9.78 Å². The van der Waals surface area contributed by atoms with Crippen LogP contribution in [0.25, 0.3) is 0 Å². The van der Waals surface area contributed by atoms with E-state index in [1.807, 2.05) is 30.3 Å². The molecule has 0 aliphatic heterocycles. The average Bonchev–Trinajstić information content (AvgIpc) is 2.31. The van der Waals surface area contributed by atoms with Crippen molar-refractivity contribution in [3.05, 3.63) is 63.3 Å². The summed E-state index contributed by atoms with van der Waals surface area (Å²) in [5.41, 5.74) is 0.0650. The molecule has 82 valence electrons. The van der Waals surface area contributed by atoms with Crippen LogP contribution >= 0.6 is 11.6 Å². The van der Waals surface area contributed by atoms with E-state index in [0.29, 0.717) is 0 Å². The molecular weight excluding hydrogens is 231 g/mol. The molecule has 0 amide bonds. The summed E-state index contributed by atoms with van der Waals surface area (Å²) in [6, 6.07) is 9.21. The Kier molecular flexibility index (Phi) is 3.01. The standard InChI is InChI=1S/C11H8ClFN2O/c12-9-6-14-15(11(16)10(9)13)7-8-4-2-1-3-5-8/h1-6H,7H2. The molecular formula is C11H8ClFN2O. The third kappa shape index (κ3) is 2.12. The number of nitrogens with zero attached hydrogens (tertiary/aromatic N) is 2. The van der Waals surface area contributed by atoms with Crippen molar-refractivity contribution in [2.75, 3.05) is 0 Å². The molecule has 2 aromatic rings. The summed E-state index contributed by atoms with van der Waals surface area (Å²) in [5.74, 6) is -0.965. The lowest BCUT2D eigenvalue weighted by molar-refractivity contribution is 0.544. The van der Waals surface area contributed by atoms with Gasteiger partial charge in [0.1, 0.15) is 5.02 Å². The van der Waals surface area contributed by atoms with E-state index in [9.17, 15) is 9.18 Å². The first-order valence-corrected chi connectivity index (χ1v) is 5.01. The van der Waals surface area contributed by atoms with Crippen LogP contribution in [0.3, 0.4) is 0 Å². The van der Waals surface area contributed by atoms with Gasteiger partial charge in [0, 0.05) is 0 Å². The van der Waals surface area contributed by atoms with Crippen molar-refractivity contribution in [1.82, 2.24) is 9.78 Å². The van der Waals surface area contributed by atoms with E-state index in [-0.39, 0.29) is 11.6 Å². The van der Waals surface area contributed by atoms with Crippen molar-refractivity contribution in [2.24, 2.45) is 0 Å².